The molecule has 1 saturated heterocycles. The molecule has 0 bridgehead atoms. The Hall–Kier alpha value is -0.610. The van der Waals surface area contributed by atoms with Gasteiger partial charge >= 0.3 is 5.97 Å². The molecule has 94 valence electrons. The fourth-order valence-electron chi connectivity index (χ4n) is 2.01. The van der Waals surface area contributed by atoms with E-state index in [9.17, 15) is 4.79 Å². The third-order valence-corrected chi connectivity index (χ3v) is 3.01. The average Bonchev–Trinajstić information content (AvgIpc) is 2.63. The molecule has 2 unspecified atom stereocenters. The highest BCUT2D eigenvalue weighted by molar-refractivity contribution is 5.75. The van der Waals surface area contributed by atoms with Crippen molar-refractivity contribution in [1.82, 2.24) is 5.32 Å². The van der Waals surface area contributed by atoms with Gasteiger partial charge in [0.2, 0.25) is 0 Å². The molecule has 4 heteroatoms. The molecule has 0 radical (unpaired) electrons. The summed E-state index contributed by atoms with van der Waals surface area (Å²) in [5.74, 6) is 0.0346. The summed E-state index contributed by atoms with van der Waals surface area (Å²) in [5.41, 5.74) is 0. The number of hydrogen-bond donors (Lipinski definition) is 1. The van der Waals surface area contributed by atoms with Gasteiger partial charge in [0.05, 0.1) is 19.3 Å². The second kappa shape index (κ2) is 6.21. The standard InChI is InChI=1S/C12H23NO3/c1-8(2)11(12(14)15-4)13-7-10-6-5-9(3)16-10/h8-11,13H,5-7H2,1-4H3/t9?,10?,11-/m0/s1. The van der Waals surface area contributed by atoms with Gasteiger partial charge in [0, 0.05) is 6.54 Å². The van der Waals surface area contributed by atoms with Crippen molar-refractivity contribution in [1.29, 1.82) is 0 Å². The molecule has 0 aromatic rings. The monoisotopic (exact) mass is 229 g/mol. The Morgan fingerprint density at radius 3 is 2.62 bits per heavy atom. The van der Waals surface area contributed by atoms with Crippen molar-refractivity contribution in [2.45, 2.75) is 51.9 Å². The normalized spacial score (nSPS) is 27.1. The van der Waals surface area contributed by atoms with Crippen LogP contribution in [0.4, 0.5) is 0 Å². The maximum absolute atomic E-state index is 11.5. The van der Waals surface area contributed by atoms with Gasteiger partial charge in [-0.05, 0) is 25.7 Å². The molecule has 3 atom stereocenters. The van der Waals surface area contributed by atoms with Gasteiger partial charge in [-0.2, -0.15) is 0 Å². The Morgan fingerprint density at radius 2 is 2.19 bits per heavy atom. The van der Waals surface area contributed by atoms with E-state index in [4.69, 9.17) is 9.47 Å². The van der Waals surface area contributed by atoms with Crippen LogP contribution in [0.15, 0.2) is 0 Å². The first-order valence-electron chi connectivity index (χ1n) is 6.01. The number of ether oxygens (including phenoxy) is 2. The second-order valence-corrected chi connectivity index (χ2v) is 4.80. The molecule has 1 N–H and O–H groups in total. The van der Waals surface area contributed by atoms with Crippen molar-refractivity contribution in [3.05, 3.63) is 0 Å². The zero-order chi connectivity index (χ0) is 12.1. The van der Waals surface area contributed by atoms with Crippen LogP contribution < -0.4 is 5.32 Å². The molecule has 16 heavy (non-hydrogen) atoms. The molecule has 1 aliphatic heterocycles. The lowest BCUT2D eigenvalue weighted by molar-refractivity contribution is -0.144. The van der Waals surface area contributed by atoms with E-state index in [0.29, 0.717) is 6.10 Å². The van der Waals surface area contributed by atoms with Gasteiger partial charge < -0.3 is 14.8 Å². The van der Waals surface area contributed by atoms with Crippen LogP contribution in [0, 0.1) is 5.92 Å². The quantitative estimate of drug-likeness (QED) is 0.723. The molecular weight excluding hydrogens is 206 g/mol. The van der Waals surface area contributed by atoms with Crippen molar-refractivity contribution in [2.24, 2.45) is 5.92 Å². The number of carbonyl (C=O) groups excluding carboxylic acids is 1. The Bertz CT molecular complexity index is 230. The SMILES string of the molecule is COC(=O)[C@@H](NCC1CCC(C)O1)C(C)C. The summed E-state index contributed by atoms with van der Waals surface area (Å²) in [6.45, 7) is 6.82. The van der Waals surface area contributed by atoms with Gasteiger partial charge in [0.15, 0.2) is 0 Å². The van der Waals surface area contributed by atoms with Crippen LogP contribution in [-0.2, 0) is 14.3 Å². The topological polar surface area (TPSA) is 47.6 Å². The summed E-state index contributed by atoms with van der Waals surface area (Å²) in [6, 6.07) is -0.232. The van der Waals surface area contributed by atoms with Crippen molar-refractivity contribution >= 4 is 5.97 Å². The largest absolute Gasteiger partial charge is 0.468 e. The number of rotatable bonds is 5. The minimum absolute atomic E-state index is 0.193. The van der Waals surface area contributed by atoms with Crippen LogP contribution in [0.5, 0.6) is 0 Å². The zero-order valence-corrected chi connectivity index (χ0v) is 10.7. The van der Waals surface area contributed by atoms with Crippen LogP contribution in [0.2, 0.25) is 0 Å². The van der Waals surface area contributed by atoms with Crippen molar-refractivity contribution < 1.29 is 14.3 Å². The lowest BCUT2D eigenvalue weighted by atomic mass is 10.0. The summed E-state index contributed by atoms with van der Waals surface area (Å²) in [5, 5.41) is 3.23. The number of nitrogens with one attached hydrogen (secondary N) is 1. The van der Waals surface area contributed by atoms with Gasteiger partial charge in [-0.3, -0.25) is 4.79 Å². The maximum Gasteiger partial charge on any atom is 0.323 e. The molecule has 1 fully saturated rings. The van der Waals surface area contributed by atoms with Crippen LogP contribution >= 0.6 is 0 Å². The van der Waals surface area contributed by atoms with Crippen LogP contribution in [0.3, 0.4) is 0 Å². The zero-order valence-electron chi connectivity index (χ0n) is 10.7. The highest BCUT2D eigenvalue weighted by Crippen LogP contribution is 2.18. The molecular formula is C12H23NO3. The van der Waals surface area contributed by atoms with Crippen LogP contribution in [0.25, 0.3) is 0 Å². The fraction of sp³-hybridized carbons (Fsp3) is 0.917. The highest BCUT2D eigenvalue weighted by Gasteiger charge is 2.26. The molecule has 0 spiro atoms. The van der Waals surface area contributed by atoms with Gasteiger partial charge in [0.1, 0.15) is 6.04 Å². The van der Waals surface area contributed by atoms with E-state index in [1.165, 1.54) is 7.11 Å². The van der Waals surface area contributed by atoms with E-state index in [1.807, 2.05) is 13.8 Å². The lowest BCUT2D eigenvalue weighted by Gasteiger charge is -2.21. The molecule has 0 aliphatic carbocycles. The number of esters is 1. The summed E-state index contributed by atoms with van der Waals surface area (Å²) in [6.07, 6.45) is 2.76. The van der Waals surface area contributed by atoms with Gasteiger partial charge in [-0.1, -0.05) is 13.8 Å². The Labute approximate surface area is 97.7 Å². The minimum atomic E-state index is -0.232. The Morgan fingerprint density at radius 1 is 1.50 bits per heavy atom. The van der Waals surface area contributed by atoms with E-state index in [1.54, 1.807) is 0 Å². The molecule has 4 nitrogen and oxygen atoms in total. The number of carbonyl (C=O) groups is 1. The average molecular weight is 229 g/mol. The molecule has 0 aromatic heterocycles. The van der Waals surface area contributed by atoms with E-state index in [-0.39, 0.29) is 24.0 Å². The van der Waals surface area contributed by atoms with Crippen molar-refractivity contribution in [2.75, 3.05) is 13.7 Å². The van der Waals surface area contributed by atoms with E-state index >= 15 is 0 Å². The van der Waals surface area contributed by atoms with Gasteiger partial charge in [-0.25, -0.2) is 0 Å². The van der Waals surface area contributed by atoms with E-state index in [0.717, 1.165) is 19.4 Å². The Balaban J connectivity index is 2.35. The summed E-state index contributed by atoms with van der Waals surface area (Å²) >= 11 is 0. The van der Waals surface area contributed by atoms with Gasteiger partial charge in [0.25, 0.3) is 0 Å². The molecule has 1 heterocycles. The predicted octanol–water partition coefficient (Wildman–Crippen LogP) is 1.34. The van der Waals surface area contributed by atoms with Crippen LogP contribution in [0.1, 0.15) is 33.6 Å². The first kappa shape index (κ1) is 13.5. The molecule has 1 rings (SSSR count). The predicted molar refractivity (Wildman–Crippen MR) is 62.2 cm³/mol. The van der Waals surface area contributed by atoms with Gasteiger partial charge in [-0.15, -0.1) is 0 Å². The first-order valence-corrected chi connectivity index (χ1v) is 6.01. The minimum Gasteiger partial charge on any atom is -0.468 e. The van der Waals surface area contributed by atoms with E-state index < -0.39 is 0 Å². The van der Waals surface area contributed by atoms with Crippen LogP contribution in [-0.4, -0.2) is 37.9 Å². The number of hydrogen-bond acceptors (Lipinski definition) is 4. The maximum atomic E-state index is 11.5. The first-order chi connectivity index (χ1) is 7.54. The third kappa shape index (κ3) is 3.76. The third-order valence-electron chi connectivity index (χ3n) is 3.01. The summed E-state index contributed by atoms with van der Waals surface area (Å²) < 4.78 is 10.5. The van der Waals surface area contributed by atoms with E-state index in [2.05, 4.69) is 12.2 Å². The Kier molecular flexibility index (Phi) is 5.22. The van der Waals surface area contributed by atoms with Crippen molar-refractivity contribution in [3.63, 3.8) is 0 Å². The summed E-state index contributed by atoms with van der Waals surface area (Å²) in [7, 11) is 1.42. The highest BCUT2D eigenvalue weighted by atomic mass is 16.5. The van der Waals surface area contributed by atoms with Crippen molar-refractivity contribution in [3.8, 4) is 0 Å². The molecule has 0 saturated carbocycles. The second-order valence-electron chi connectivity index (χ2n) is 4.80. The smallest absolute Gasteiger partial charge is 0.323 e. The summed E-state index contributed by atoms with van der Waals surface area (Å²) in [4.78, 5) is 11.5. The fourth-order valence-corrected chi connectivity index (χ4v) is 2.01. The number of methoxy groups -OCH3 is 1. The molecule has 1 aliphatic rings. The lowest BCUT2D eigenvalue weighted by Crippen LogP contribution is -2.44. The molecule has 0 amide bonds. The molecule has 0 aromatic carbocycles.